The van der Waals surface area contributed by atoms with Crippen LogP contribution >= 0.6 is 0 Å². The molecule has 1 heterocycles. The average Bonchev–Trinajstić information content (AvgIpc) is 2.82. The Morgan fingerprint density at radius 2 is 2.53 bits per heavy atom. The Morgan fingerprint density at radius 1 is 1.65 bits per heavy atom. The van der Waals surface area contributed by atoms with Crippen molar-refractivity contribution in [2.75, 3.05) is 26.2 Å². The van der Waals surface area contributed by atoms with E-state index in [2.05, 4.69) is 22.9 Å². The lowest BCUT2D eigenvalue weighted by Gasteiger charge is -2.31. The van der Waals surface area contributed by atoms with Gasteiger partial charge in [0.2, 0.25) is 0 Å². The third-order valence-corrected chi connectivity index (χ3v) is 3.41. The van der Waals surface area contributed by atoms with Gasteiger partial charge in [0.05, 0.1) is 12.7 Å². The summed E-state index contributed by atoms with van der Waals surface area (Å²) < 4.78 is 5.48. The summed E-state index contributed by atoms with van der Waals surface area (Å²) in [6.07, 6.45) is 7.49. The summed E-state index contributed by atoms with van der Waals surface area (Å²) in [7, 11) is 0. The Morgan fingerprint density at radius 3 is 3.24 bits per heavy atom. The summed E-state index contributed by atoms with van der Waals surface area (Å²) in [4.78, 5) is 6.59. The van der Waals surface area contributed by atoms with Crippen molar-refractivity contribution in [2.24, 2.45) is 10.7 Å². The predicted octanol–water partition coefficient (Wildman–Crippen LogP) is 1.52. The van der Waals surface area contributed by atoms with Crippen molar-refractivity contribution in [1.29, 1.82) is 0 Å². The summed E-state index contributed by atoms with van der Waals surface area (Å²) in [5.74, 6) is 0.679. The largest absolute Gasteiger partial charge is 0.375 e. The highest BCUT2D eigenvalue weighted by atomic mass is 16.5. The van der Waals surface area contributed by atoms with Crippen molar-refractivity contribution in [3.05, 3.63) is 11.6 Å². The molecule has 2 rings (SSSR count). The van der Waals surface area contributed by atoms with E-state index in [-0.39, 0.29) is 6.10 Å². The molecule has 1 atom stereocenters. The van der Waals surface area contributed by atoms with E-state index in [1.54, 1.807) is 5.57 Å². The Balaban J connectivity index is 1.75. The van der Waals surface area contributed by atoms with Crippen molar-refractivity contribution in [2.45, 2.75) is 38.7 Å². The van der Waals surface area contributed by atoms with Crippen molar-refractivity contribution in [1.82, 2.24) is 4.90 Å². The van der Waals surface area contributed by atoms with Crippen LogP contribution in [0.3, 0.4) is 0 Å². The molecule has 2 aliphatic rings. The van der Waals surface area contributed by atoms with Gasteiger partial charge in [-0.15, -0.1) is 0 Å². The zero-order valence-electron chi connectivity index (χ0n) is 10.7. The second-order valence-electron chi connectivity index (χ2n) is 4.87. The first-order chi connectivity index (χ1) is 8.25. The van der Waals surface area contributed by atoms with Crippen LogP contribution in [0.2, 0.25) is 0 Å². The number of morpholine rings is 1. The van der Waals surface area contributed by atoms with E-state index >= 15 is 0 Å². The first kappa shape index (κ1) is 12.4. The number of aliphatic imine (C=N–C) groups is 1. The molecule has 0 spiro atoms. The molecule has 96 valence electrons. The Kier molecular flexibility index (Phi) is 4.42. The number of allylic oxidation sites excluding steroid dienone is 1. The molecule has 0 radical (unpaired) electrons. The van der Waals surface area contributed by atoms with Crippen LogP contribution in [0, 0.1) is 0 Å². The fourth-order valence-electron chi connectivity index (χ4n) is 2.41. The lowest BCUT2D eigenvalue weighted by molar-refractivity contribution is 0.00530. The summed E-state index contributed by atoms with van der Waals surface area (Å²) in [6.45, 7) is 5.37. The highest BCUT2D eigenvalue weighted by Crippen LogP contribution is 2.20. The van der Waals surface area contributed by atoms with E-state index in [9.17, 15) is 0 Å². The Bertz CT molecular complexity index is 312. The minimum Gasteiger partial charge on any atom is -0.375 e. The van der Waals surface area contributed by atoms with Gasteiger partial charge >= 0.3 is 0 Å². The molecule has 17 heavy (non-hydrogen) atoms. The molecular formula is C13H23N3O. The smallest absolute Gasteiger partial charge is 0.191 e. The van der Waals surface area contributed by atoms with Gasteiger partial charge in [-0.25, -0.2) is 0 Å². The second kappa shape index (κ2) is 6.05. The van der Waals surface area contributed by atoms with Crippen LogP contribution < -0.4 is 5.73 Å². The maximum absolute atomic E-state index is 6.00. The Labute approximate surface area is 104 Å². The zero-order valence-corrected chi connectivity index (χ0v) is 10.7. The summed E-state index contributed by atoms with van der Waals surface area (Å²) in [6, 6.07) is 0. The molecule has 0 saturated carbocycles. The highest BCUT2D eigenvalue weighted by Gasteiger charge is 2.17. The molecule has 1 fully saturated rings. The first-order valence-electron chi connectivity index (χ1n) is 6.60. The van der Waals surface area contributed by atoms with E-state index in [4.69, 9.17) is 10.5 Å². The topological polar surface area (TPSA) is 50.8 Å². The van der Waals surface area contributed by atoms with Crippen molar-refractivity contribution < 1.29 is 4.74 Å². The Hall–Kier alpha value is -1.03. The number of guanidine groups is 1. The molecular weight excluding hydrogens is 214 g/mol. The van der Waals surface area contributed by atoms with Gasteiger partial charge in [-0.3, -0.25) is 4.99 Å². The van der Waals surface area contributed by atoms with E-state index < -0.39 is 0 Å². The van der Waals surface area contributed by atoms with Crippen LogP contribution in [0.1, 0.15) is 32.6 Å². The number of hydrogen-bond donors (Lipinski definition) is 1. The minimum absolute atomic E-state index is 0.259. The van der Waals surface area contributed by atoms with Gasteiger partial charge in [-0.1, -0.05) is 11.6 Å². The zero-order chi connectivity index (χ0) is 12.1. The van der Waals surface area contributed by atoms with Crippen LogP contribution in [0.5, 0.6) is 0 Å². The van der Waals surface area contributed by atoms with Gasteiger partial charge in [0.15, 0.2) is 5.96 Å². The predicted molar refractivity (Wildman–Crippen MR) is 70.0 cm³/mol. The highest BCUT2D eigenvalue weighted by molar-refractivity contribution is 5.78. The van der Waals surface area contributed by atoms with Gasteiger partial charge < -0.3 is 15.4 Å². The number of hydrogen-bond acceptors (Lipinski definition) is 2. The average molecular weight is 237 g/mol. The van der Waals surface area contributed by atoms with Gasteiger partial charge in [0.1, 0.15) is 0 Å². The van der Waals surface area contributed by atoms with E-state index in [1.165, 1.54) is 19.3 Å². The lowest BCUT2D eigenvalue weighted by atomic mass is 10.2. The third-order valence-electron chi connectivity index (χ3n) is 3.41. The van der Waals surface area contributed by atoms with Gasteiger partial charge in [0.25, 0.3) is 0 Å². The number of ether oxygens (including phenoxy) is 1. The van der Waals surface area contributed by atoms with Gasteiger partial charge in [0, 0.05) is 19.6 Å². The number of rotatable bonds is 3. The summed E-state index contributed by atoms with van der Waals surface area (Å²) >= 11 is 0. The molecule has 4 heteroatoms. The molecule has 0 amide bonds. The normalized spacial score (nSPS) is 26.2. The van der Waals surface area contributed by atoms with Crippen molar-refractivity contribution in [3.63, 3.8) is 0 Å². The van der Waals surface area contributed by atoms with Gasteiger partial charge in [-0.2, -0.15) is 0 Å². The molecule has 0 aromatic carbocycles. The fourth-order valence-corrected chi connectivity index (χ4v) is 2.41. The molecule has 0 aromatic rings. The quantitative estimate of drug-likeness (QED) is 0.460. The van der Waals surface area contributed by atoms with E-state index in [0.29, 0.717) is 5.96 Å². The molecule has 2 N–H and O–H groups in total. The van der Waals surface area contributed by atoms with Crippen LogP contribution in [0.15, 0.2) is 16.6 Å². The summed E-state index contributed by atoms with van der Waals surface area (Å²) in [5, 5.41) is 0. The molecule has 1 unspecified atom stereocenters. The number of nitrogens with two attached hydrogens (primary N) is 1. The van der Waals surface area contributed by atoms with Crippen LogP contribution in [-0.4, -0.2) is 43.2 Å². The van der Waals surface area contributed by atoms with Crippen molar-refractivity contribution >= 4 is 5.96 Å². The minimum atomic E-state index is 0.259. The molecule has 1 aliphatic heterocycles. The molecule has 1 saturated heterocycles. The standard InChI is InChI=1S/C13H23N3O/c1-11-10-16(8-9-17-11)13(14)15-7-6-12-4-2-3-5-12/h4,11H,2-3,5-10H2,1H3,(H2,14,15). The summed E-state index contributed by atoms with van der Waals surface area (Å²) in [5.41, 5.74) is 7.55. The SMILES string of the molecule is CC1CN(C(N)=NCCC2=CCCC2)CCO1. The second-order valence-corrected chi connectivity index (χ2v) is 4.87. The third kappa shape index (κ3) is 3.73. The first-order valence-corrected chi connectivity index (χ1v) is 6.60. The van der Waals surface area contributed by atoms with Crippen LogP contribution in [0.25, 0.3) is 0 Å². The van der Waals surface area contributed by atoms with Gasteiger partial charge in [-0.05, 0) is 32.6 Å². The number of nitrogens with zero attached hydrogens (tertiary/aromatic N) is 2. The lowest BCUT2D eigenvalue weighted by Crippen LogP contribution is -2.47. The van der Waals surface area contributed by atoms with E-state index in [0.717, 1.165) is 32.7 Å². The molecule has 0 bridgehead atoms. The van der Waals surface area contributed by atoms with Crippen LogP contribution in [-0.2, 0) is 4.74 Å². The van der Waals surface area contributed by atoms with Crippen molar-refractivity contribution in [3.8, 4) is 0 Å². The fraction of sp³-hybridized carbons (Fsp3) is 0.769. The molecule has 0 aromatic heterocycles. The monoisotopic (exact) mass is 237 g/mol. The molecule has 1 aliphatic carbocycles. The maximum Gasteiger partial charge on any atom is 0.191 e. The molecule has 4 nitrogen and oxygen atoms in total. The van der Waals surface area contributed by atoms with Crippen LogP contribution in [0.4, 0.5) is 0 Å². The maximum atomic E-state index is 6.00. The van der Waals surface area contributed by atoms with E-state index in [1.807, 2.05) is 0 Å².